The number of nitrogens with zero attached hydrogens (tertiary/aromatic N) is 2. The van der Waals surface area contributed by atoms with Crippen molar-refractivity contribution in [3.8, 4) is 5.75 Å². The van der Waals surface area contributed by atoms with Crippen molar-refractivity contribution in [2.75, 3.05) is 39.8 Å². The molecule has 0 radical (unpaired) electrons. The molecule has 2 rings (SSSR count). The van der Waals surface area contributed by atoms with Crippen molar-refractivity contribution in [1.82, 2.24) is 15.5 Å². The van der Waals surface area contributed by atoms with Gasteiger partial charge in [0.2, 0.25) is 0 Å². The molecule has 0 amide bonds. The molecule has 1 aromatic carbocycles. The van der Waals surface area contributed by atoms with Crippen molar-refractivity contribution >= 4 is 5.96 Å². The van der Waals surface area contributed by atoms with Crippen LogP contribution in [0.15, 0.2) is 29.3 Å². The van der Waals surface area contributed by atoms with Gasteiger partial charge in [-0.25, -0.2) is 8.78 Å². The summed E-state index contributed by atoms with van der Waals surface area (Å²) in [5.74, 6) is 1.38. The molecule has 1 atom stereocenters. The summed E-state index contributed by atoms with van der Waals surface area (Å²) in [4.78, 5) is 6.27. The lowest BCUT2D eigenvalue weighted by Crippen LogP contribution is -2.49. The molecule has 3 N–H and O–H groups in total. The normalized spacial score (nSPS) is 17.8. The Morgan fingerprint density at radius 3 is 2.52 bits per heavy atom. The molecule has 0 aromatic heterocycles. The lowest BCUT2D eigenvalue weighted by molar-refractivity contribution is 0.0744. The van der Waals surface area contributed by atoms with Gasteiger partial charge in [0.05, 0.1) is 26.3 Å². The topological polar surface area (TPSA) is 69.1 Å². The van der Waals surface area contributed by atoms with Crippen LogP contribution in [0, 0.1) is 0 Å². The maximum Gasteiger partial charge on any atom is 0.251 e. The van der Waals surface area contributed by atoms with Crippen LogP contribution < -0.4 is 15.4 Å². The highest BCUT2D eigenvalue weighted by Crippen LogP contribution is 2.18. The van der Waals surface area contributed by atoms with Gasteiger partial charge in [-0.1, -0.05) is 12.1 Å². The first kappa shape index (κ1) is 21.4. The van der Waals surface area contributed by atoms with E-state index >= 15 is 0 Å². The zero-order valence-corrected chi connectivity index (χ0v) is 16.0. The van der Waals surface area contributed by atoms with Crippen LogP contribution >= 0.6 is 0 Å². The number of methoxy groups -OCH3 is 1. The monoisotopic (exact) mass is 384 g/mol. The average Bonchev–Trinajstić information content (AvgIpc) is 2.67. The van der Waals surface area contributed by atoms with E-state index in [1.165, 1.54) is 0 Å². The van der Waals surface area contributed by atoms with Crippen molar-refractivity contribution in [1.29, 1.82) is 0 Å². The summed E-state index contributed by atoms with van der Waals surface area (Å²) >= 11 is 0. The van der Waals surface area contributed by atoms with Crippen LogP contribution in [-0.4, -0.2) is 68.3 Å². The predicted octanol–water partition coefficient (Wildman–Crippen LogP) is 2.01. The minimum atomic E-state index is -2.28. The van der Waals surface area contributed by atoms with Gasteiger partial charge in [0.25, 0.3) is 6.43 Å². The smallest absolute Gasteiger partial charge is 0.251 e. The zero-order valence-electron chi connectivity index (χ0n) is 16.0. The highest BCUT2D eigenvalue weighted by molar-refractivity contribution is 5.80. The molecule has 1 saturated heterocycles. The highest BCUT2D eigenvalue weighted by Gasteiger charge is 2.22. The number of rotatable bonds is 8. The minimum absolute atomic E-state index is 0.158. The number of aliphatic hydroxyl groups excluding tert-OH is 1. The van der Waals surface area contributed by atoms with Crippen molar-refractivity contribution in [2.45, 2.75) is 38.3 Å². The van der Waals surface area contributed by atoms with Crippen LogP contribution in [0.2, 0.25) is 0 Å². The van der Waals surface area contributed by atoms with Crippen LogP contribution in [0.25, 0.3) is 0 Å². The number of halogens is 2. The molecule has 1 heterocycles. The molecule has 6 nitrogen and oxygen atoms in total. The third-order valence-electron chi connectivity index (χ3n) is 4.59. The number of benzene rings is 1. The maximum atomic E-state index is 12.5. The summed E-state index contributed by atoms with van der Waals surface area (Å²) in [6.07, 6.45) is -1.41. The van der Waals surface area contributed by atoms with Crippen molar-refractivity contribution < 1.29 is 18.6 Å². The Bertz CT molecular complexity index is 576. The van der Waals surface area contributed by atoms with E-state index in [0.29, 0.717) is 25.6 Å². The predicted molar refractivity (Wildman–Crippen MR) is 103 cm³/mol. The zero-order chi connectivity index (χ0) is 19.6. The van der Waals surface area contributed by atoms with E-state index < -0.39 is 12.5 Å². The minimum Gasteiger partial charge on any atom is -0.497 e. The third kappa shape index (κ3) is 7.30. The molecule has 0 saturated carbocycles. The second kappa shape index (κ2) is 11.0. The number of nitrogens with one attached hydrogen (secondary N) is 2. The molecule has 1 aliphatic rings. The fourth-order valence-electron chi connectivity index (χ4n) is 3.08. The molecular formula is C19H30F2N4O2. The van der Waals surface area contributed by atoms with Crippen molar-refractivity contribution in [3.63, 3.8) is 0 Å². The van der Waals surface area contributed by atoms with Gasteiger partial charge in [0.1, 0.15) is 5.75 Å². The quantitative estimate of drug-likeness (QED) is 0.473. The van der Waals surface area contributed by atoms with Gasteiger partial charge < -0.3 is 20.5 Å². The van der Waals surface area contributed by atoms with Gasteiger partial charge in [0.15, 0.2) is 5.96 Å². The van der Waals surface area contributed by atoms with Crippen LogP contribution in [-0.2, 0) is 0 Å². The van der Waals surface area contributed by atoms with Gasteiger partial charge in [-0.2, -0.15) is 0 Å². The van der Waals surface area contributed by atoms with E-state index in [1.54, 1.807) is 24.1 Å². The molecule has 27 heavy (non-hydrogen) atoms. The van der Waals surface area contributed by atoms with E-state index in [2.05, 4.69) is 15.6 Å². The van der Waals surface area contributed by atoms with Crippen molar-refractivity contribution in [2.24, 2.45) is 4.99 Å². The average molecular weight is 384 g/mol. The molecule has 0 bridgehead atoms. The van der Waals surface area contributed by atoms with Crippen LogP contribution in [0.4, 0.5) is 8.78 Å². The number of ether oxygens (including phenoxy) is 1. The van der Waals surface area contributed by atoms with E-state index in [9.17, 15) is 13.9 Å². The Hall–Kier alpha value is -1.93. The second-order valence-corrected chi connectivity index (χ2v) is 6.62. The SMILES string of the molecule is CCNC(=NCC(O)c1ccc(OC)cc1)NC1CCN(CC(F)F)CC1. The van der Waals surface area contributed by atoms with Crippen molar-refractivity contribution in [3.05, 3.63) is 29.8 Å². The molecule has 152 valence electrons. The van der Waals surface area contributed by atoms with Gasteiger partial charge >= 0.3 is 0 Å². The van der Waals surface area contributed by atoms with Gasteiger partial charge in [0, 0.05) is 25.7 Å². The number of guanidine groups is 1. The Kier molecular flexibility index (Phi) is 8.74. The van der Waals surface area contributed by atoms with Crippen LogP contribution in [0.3, 0.4) is 0 Å². The number of hydrogen-bond acceptors (Lipinski definition) is 4. The molecule has 1 aliphatic heterocycles. The molecule has 1 aromatic rings. The van der Waals surface area contributed by atoms with Crippen LogP contribution in [0.5, 0.6) is 5.75 Å². The largest absolute Gasteiger partial charge is 0.497 e. The Morgan fingerprint density at radius 1 is 1.30 bits per heavy atom. The molecule has 0 spiro atoms. The first-order chi connectivity index (χ1) is 13.0. The Morgan fingerprint density at radius 2 is 1.96 bits per heavy atom. The lowest BCUT2D eigenvalue weighted by Gasteiger charge is -2.32. The number of aliphatic hydroxyl groups is 1. The third-order valence-corrected chi connectivity index (χ3v) is 4.59. The van der Waals surface area contributed by atoms with Gasteiger partial charge in [-0.15, -0.1) is 0 Å². The second-order valence-electron chi connectivity index (χ2n) is 6.62. The van der Waals surface area contributed by atoms with E-state index in [-0.39, 0.29) is 19.1 Å². The molecule has 0 aliphatic carbocycles. The number of alkyl halides is 2. The number of aliphatic imine (C=N–C) groups is 1. The fourth-order valence-corrected chi connectivity index (χ4v) is 3.08. The molecule has 1 fully saturated rings. The molecular weight excluding hydrogens is 354 g/mol. The Labute approximate surface area is 159 Å². The maximum absolute atomic E-state index is 12.5. The number of piperidine rings is 1. The fraction of sp³-hybridized carbons (Fsp3) is 0.632. The van der Waals surface area contributed by atoms with E-state index in [1.807, 2.05) is 19.1 Å². The first-order valence-electron chi connectivity index (χ1n) is 9.39. The van der Waals surface area contributed by atoms with E-state index in [0.717, 1.165) is 24.2 Å². The van der Waals surface area contributed by atoms with Gasteiger partial charge in [-0.05, 0) is 37.5 Å². The molecule has 8 heteroatoms. The summed E-state index contributed by atoms with van der Waals surface area (Å²) in [7, 11) is 1.60. The summed E-state index contributed by atoms with van der Waals surface area (Å²) in [5, 5.41) is 16.9. The van der Waals surface area contributed by atoms with Crippen LogP contribution in [0.1, 0.15) is 31.4 Å². The molecule has 1 unspecified atom stereocenters. The lowest BCUT2D eigenvalue weighted by atomic mass is 10.1. The summed E-state index contributed by atoms with van der Waals surface area (Å²) in [5.41, 5.74) is 0.774. The number of likely N-dealkylation sites (tertiary alicyclic amines) is 1. The van der Waals surface area contributed by atoms with E-state index in [4.69, 9.17) is 4.74 Å². The first-order valence-corrected chi connectivity index (χ1v) is 9.39. The summed E-state index contributed by atoms with van der Waals surface area (Å²) < 4.78 is 30.1. The Balaban J connectivity index is 1.86. The highest BCUT2D eigenvalue weighted by atomic mass is 19.3. The standard InChI is InChI=1S/C19H30F2N4O2/c1-3-22-19(24-15-8-10-25(11-9-15)13-18(20)21)23-12-17(26)14-4-6-16(27-2)7-5-14/h4-7,15,17-18,26H,3,8-13H2,1-2H3,(H2,22,23,24). The van der Waals surface area contributed by atoms with Gasteiger partial charge in [-0.3, -0.25) is 9.89 Å². The summed E-state index contributed by atoms with van der Waals surface area (Å²) in [6, 6.07) is 7.43. The number of hydrogen-bond donors (Lipinski definition) is 3. The summed E-state index contributed by atoms with van der Waals surface area (Å²) in [6.45, 7) is 4.05.